The molecular formula is C19H18N4O6S. The molecule has 0 radical (unpaired) electrons. The van der Waals surface area contributed by atoms with Crippen LogP contribution in [-0.2, 0) is 17.9 Å². The van der Waals surface area contributed by atoms with Crippen LogP contribution in [0.3, 0.4) is 0 Å². The maximum atomic E-state index is 12.4. The molecule has 1 N–H and O–H groups in total. The summed E-state index contributed by atoms with van der Waals surface area (Å²) in [6, 6.07) is 11.6. The number of nitro benzene ring substituents is 1. The summed E-state index contributed by atoms with van der Waals surface area (Å²) in [6.07, 6.45) is 0. The third-order valence-electron chi connectivity index (χ3n) is 4.06. The van der Waals surface area contributed by atoms with Crippen LogP contribution in [0.25, 0.3) is 0 Å². The molecule has 156 valence electrons. The van der Waals surface area contributed by atoms with Gasteiger partial charge >= 0.3 is 0 Å². The Bertz CT molecular complexity index is 1140. The number of carbonyl (C=O) groups is 1. The van der Waals surface area contributed by atoms with Gasteiger partial charge in [-0.3, -0.25) is 14.9 Å². The first-order valence-corrected chi connectivity index (χ1v) is 9.15. The van der Waals surface area contributed by atoms with Gasteiger partial charge in [-0.05, 0) is 42.9 Å². The van der Waals surface area contributed by atoms with Crippen LogP contribution in [-0.4, -0.2) is 27.7 Å². The van der Waals surface area contributed by atoms with E-state index in [0.717, 1.165) is 5.56 Å². The Morgan fingerprint density at radius 1 is 1.33 bits per heavy atom. The summed E-state index contributed by atoms with van der Waals surface area (Å²) >= 11 is 5.09. The number of nitro groups is 1. The van der Waals surface area contributed by atoms with Crippen molar-refractivity contribution in [3.63, 3.8) is 0 Å². The summed E-state index contributed by atoms with van der Waals surface area (Å²) in [5.41, 5.74) is 0.693. The van der Waals surface area contributed by atoms with E-state index in [-0.39, 0.29) is 35.3 Å². The zero-order chi connectivity index (χ0) is 21.7. The monoisotopic (exact) mass is 430 g/mol. The molecule has 0 unspecified atom stereocenters. The van der Waals surface area contributed by atoms with E-state index in [1.807, 2.05) is 31.2 Å². The van der Waals surface area contributed by atoms with Crippen LogP contribution in [0.5, 0.6) is 11.5 Å². The SMILES string of the molecule is COc1ccc(NC(=O)Cn2nc(COc3ccccc3C)oc2=S)c([N+](=O)[O-])c1. The van der Waals surface area contributed by atoms with Crippen LogP contribution in [0.4, 0.5) is 11.4 Å². The maximum absolute atomic E-state index is 12.4. The van der Waals surface area contributed by atoms with Gasteiger partial charge in [0.25, 0.3) is 16.4 Å². The van der Waals surface area contributed by atoms with E-state index in [1.165, 1.54) is 30.0 Å². The first-order chi connectivity index (χ1) is 14.4. The predicted octanol–water partition coefficient (Wildman–Crippen LogP) is 3.65. The number of hydrogen-bond donors (Lipinski definition) is 1. The molecule has 2 aromatic carbocycles. The number of anilines is 1. The van der Waals surface area contributed by atoms with E-state index in [0.29, 0.717) is 11.5 Å². The van der Waals surface area contributed by atoms with Crippen molar-refractivity contribution in [2.45, 2.75) is 20.1 Å². The molecule has 0 atom stereocenters. The molecule has 3 rings (SSSR count). The summed E-state index contributed by atoms with van der Waals surface area (Å²) in [6.45, 7) is 1.66. The number of aromatic nitrogens is 2. The minimum Gasteiger partial charge on any atom is -0.496 e. The van der Waals surface area contributed by atoms with E-state index in [1.54, 1.807) is 0 Å². The maximum Gasteiger partial charge on any atom is 0.296 e. The zero-order valence-corrected chi connectivity index (χ0v) is 17.0. The van der Waals surface area contributed by atoms with Crippen LogP contribution in [0.2, 0.25) is 0 Å². The van der Waals surface area contributed by atoms with Crippen molar-refractivity contribution in [1.29, 1.82) is 0 Å². The van der Waals surface area contributed by atoms with Gasteiger partial charge in [0.1, 0.15) is 23.7 Å². The van der Waals surface area contributed by atoms with E-state index >= 15 is 0 Å². The largest absolute Gasteiger partial charge is 0.496 e. The van der Waals surface area contributed by atoms with Gasteiger partial charge < -0.3 is 19.2 Å². The summed E-state index contributed by atoms with van der Waals surface area (Å²) in [5, 5.41) is 17.8. The van der Waals surface area contributed by atoms with Crippen molar-refractivity contribution >= 4 is 29.5 Å². The van der Waals surface area contributed by atoms with Crippen LogP contribution < -0.4 is 14.8 Å². The molecule has 11 heteroatoms. The van der Waals surface area contributed by atoms with Crippen molar-refractivity contribution in [1.82, 2.24) is 9.78 Å². The van der Waals surface area contributed by atoms with Crippen molar-refractivity contribution in [2.75, 3.05) is 12.4 Å². The molecule has 10 nitrogen and oxygen atoms in total. The van der Waals surface area contributed by atoms with Gasteiger partial charge in [-0.1, -0.05) is 18.2 Å². The van der Waals surface area contributed by atoms with Crippen molar-refractivity contribution in [3.05, 3.63) is 68.9 Å². The fourth-order valence-corrected chi connectivity index (χ4v) is 2.79. The lowest BCUT2D eigenvalue weighted by Crippen LogP contribution is -2.20. The first-order valence-electron chi connectivity index (χ1n) is 8.75. The normalized spacial score (nSPS) is 10.5. The molecule has 0 fully saturated rings. The summed E-state index contributed by atoms with van der Waals surface area (Å²) < 4.78 is 17.2. The van der Waals surface area contributed by atoms with Gasteiger partial charge in [-0.25, -0.2) is 4.68 Å². The molecule has 1 amide bonds. The van der Waals surface area contributed by atoms with Gasteiger partial charge in [0, 0.05) is 0 Å². The van der Waals surface area contributed by atoms with Crippen molar-refractivity contribution < 1.29 is 23.6 Å². The molecule has 0 bridgehead atoms. The zero-order valence-electron chi connectivity index (χ0n) is 16.2. The van der Waals surface area contributed by atoms with Gasteiger partial charge in [0.05, 0.1) is 18.1 Å². The Hall–Kier alpha value is -3.73. The van der Waals surface area contributed by atoms with Crippen LogP contribution in [0.1, 0.15) is 11.5 Å². The second-order valence-electron chi connectivity index (χ2n) is 6.16. The Morgan fingerprint density at radius 2 is 2.10 bits per heavy atom. The minimum absolute atomic E-state index is 0.0160. The van der Waals surface area contributed by atoms with E-state index in [2.05, 4.69) is 10.4 Å². The Balaban J connectivity index is 1.67. The third kappa shape index (κ3) is 5.00. The summed E-state index contributed by atoms with van der Waals surface area (Å²) in [7, 11) is 1.39. The smallest absolute Gasteiger partial charge is 0.296 e. The summed E-state index contributed by atoms with van der Waals surface area (Å²) in [5.74, 6) is 0.625. The lowest BCUT2D eigenvalue weighted by atomic mass is 10.2. The van der Waals surface area contributed by atoms with Gasteiger partial charge in [-0.15, -0.1) is 5.10 Å². The first kappa shape index (κ1) is 21.0. The molecule has 30 heavy (non-hydrogen) atoms. The average Bonchev–Trinajstić information content (AvgIpc) is 3.06. The number of rotatable bonds is 8. The van der Waals surface area contributed by atoms with E-state index in [9.17, 15) is 14.9 Å². The number of ether oxygens (including phenoxy) is 2. The molecule has 0 aliphatic heterocycles. The van der Waals surface area contributed by atoms with Crippen LogP contribution in [0.15, 0.2) is 46.9 Å². The molecule has 1 aromatic heterocycles. The van der Waals surface area contributed by atoms with Gasteiger partial charge in [0.2, 0.25) is 5.91 Å². The molecule has 1 heterocycles. The topological polar surface area (TPSA) is 122 Å². The number of amides is 1. The third-order valence-corrected chi connectivity index (χ3v) is 4.36. The number of benzene rings is 2. The lowest BCUT2D eigenvalue weighted by Gasteiger charge is -2.07. The van der Waals surface area contributed by atoms with E-state index < -0.39 is 10.8 Å². The number of hydrogen-bond acceptors (Lipinski definition) is 8. The fourth-order valence-electron chi connectivity index (χ4n) is 2.59. The van der Waals surface area contributed by atoms with Crippen LogP contribution >= 0.6 is 12.2 Å². The highest BCUT2D eigenvalue weighted by molar-refractivity contribution is 7.71. The van der Waals surface area contributed by atoms with Gasteiger partial charge in [0.15, 0.2) is 6.61 Å². The van der Waals surface area contributed by atoms with Crippen molar-refractivity contribution in [3.8, 4) is 11.5 Å². The highest BCUT2D eigenvalue weighted by Crippen LogP contribution is 2.29. The van der Waals surface area contributed by atoms with Gasteiger partial charge in [-0.2, -0.15) is 0 Å². The molecule has 0 saturated heterocycles. The second-order valence-corrected chi connectivity index (χ2v) is 6.51. The Kier molecular flexibility index (Phi) is 6.42. The highest BCUT2D eigenvalue weighted by Gasteiger charge is 2.18. The molecule has 0 spiro atoms. The number of para-hydroxylation sites is 1. The fraction of sp³-hybridized carbons (Fsp3) is 0.211. The van der Waals surface area contributed by atoms with Crippen LogP contribution in [0, 0.1) is 21.9 Å². The predicted molar refractivity (Wildman–Crippen MR) is 109 cm³/mol. The highest BCUT2D eigenvalue weighted by atomic mass is 32.1. The molecule has 0 aliphatic carbocycles. The molecule has 3 aromatic rings. The number of nitrogens with zero attached hydrogens (tertiary/aromatic N) is 3. The Morgan fingerprint density at radius 3 is 2.80 bits per heavy atom. The quantitative estimate of drug-likeness (QED) is 0.326. The number of aryl methyl sites for hydroxylation is 1. The lowest BCUT2D eigenvalue weighted by molar-refractivity contribution is -0.384. The molecule has 0 saturated carbocycles. The van der Waals surface area contributed by atoms with Crippen molar-refractivity contribution in [2.24, 2.45) is 0 Å². The standard InChI is InChI=1S/C19H18N4O6S/c1-12-5-3-4-6-16(12)28-11-18-21-22(19(30)29-18)10-17(24)20-14-8-7-13(27-2)9-15(14)23(25)26/h3-9H,10-11H2,1-2H3,(H,20,24). The number of methoxy groups -OCH3 is 1. The average molecular weight is 430 g/mol. The number of carbonyl (C=O) groups excluding carboxylic acids is 1. The summed E-state index contributed by atoms with van der Waals surface area (Å²) in [4.78, 5) is 23.0. The molecule has 0 aliphatic rings. The van der Waals surface area contributed by atoms with E-state index in [4.69, 9.17) is 26.1 Å². The minimum atomic E-state index is -0.610. The second kappa shape index (κ2) is 9.18. The molecular weight excluding hydrogens is 412 g/mol. The Labute approximate surface area is 176 Å². The number of nitrogens with one attached hydrogen (secondary N) is 1.